The van der Waals surface area contributed by atoms with E-state index in [-0.39, 0.29) is 30.5 Å². The molecule has 9 heteroatoms. The van der Waals surface area contributed by atoms with E-state index in [0.29, 0.717) is 34.4 Å². The number of nitrogens with one attached hydrogen (secondary N) is 1. The molecule has 1 unspecified atom stereocenters. The van der Waals surface area contributed by atoms with Crippen LogP contribution in [0.1, 0.15) is 12.0 Å². The van der Waals surface area contributed by atoms with Gasteiger partial charge in [-0.15, -0.1) is 0 Å². The SMILES string of the molecule is COc1cc(CCC(=O)NCC(O)COc2cccc(Cl)c2Cl)cc(OC)c1OC. The molecule has 30 heavy (non-hydrogen) atoms. The molecule has 1 amide bonds. The fourth-order valence-electron chi connectivity index (χ4n) is 2.70. The van der Waals surface area contributed by atoms with Gasteiger partial charge in [0.15, 0.2) is 11.5 Å². The molecule has 2 rings (SSSR count). The molecule has 2 N–H and O–H groups in total. The molecule has 0 saturated carbocycles. The molecule has 0 heterocycles. The molecule has 0 aliphatic carbocycles. The standard InChI is InChI=1S/C21H25Cl2NO6/c1-27-17-9-13(10-18(28-2)21(17)29-3)7-8-19(26)24-11-14(25)12-30-16-6-4-5-15(22)20(16)23/h4-6,9-10,14,25H,7-8,11-12H2,1-3H3,(H,24,26). The Labute approximate surface area is 185 Å². The van der Waals surface area contributed by atoms with Gasteiger partial charge in [-0.05, 0) is 36.2 Å². The maximum atomic E-state index is 12.1. The fourth-order valence-corrected chi connectivity index (χ4v) is 3.04. The number of hydrogen-bond acceptors (Lipinski definition) is 6. The van der Waals surface area contributed by atoms with Crippen molar-refractivity contribution in [1.29, 1.82) is 0 Å². The van der Waals surface area contributed by atoms with Crippen LogP contribution < -0.4 is 24.3 Å². The average Bonchev–Trinajstić information content (AvgIpc) is 2.76. The molecule has 164 valence electrons. The number of hydrogen-bond donors (Lipinski definition) is 2. The van der Waals surface area contributed by atoms with E-state index < -0.39 is 6.10 Å². The summed E-state index contributed by atoms with van der Waals surface area (Å²) in [6.07, 6.45) is -0.204. The van der Waals surface area contributed by atoms with E-state index in [9.17, 15) is 9.90 Å². The Balaban J connectivity index is 1.81. The Morgan fingerprint density at radius 2 is 1.73 bits per heavy atom. The molecule has 7 nitrogen and oxygen atoms in total. The summed E-state index contributed by atoms with van der Waals surface area (Å²) >= 11 is 11.9. The Morgan fingerprint density at radius 1 is 1.07 bits per heavy atom. The number of aliphatic hydroxyl groups is 1. The molecule has 0 radical (unpaired) electrons. The van der Waals surface area contributed by atoms with Crippen LogP contribution in [-0.2, 0) is 11.2 Å². The second kappa shape index (κ2) is 11.7. The van der Waals surface area contributed by atoms with Gasteiger partial charge in [-0.3, -0.25) is 4.79 Å². The van der Waals surface area contributed by atoms with Crippen molar-refractivity contribution >= 4 is 29.1 Å². The summed E-state index contributed by atoms with van der Waals surface area (Å²) in [5.74, 6) is 1.72. The fraction of sp³-hybridized carbons (Fsp3) is 0.381. The number of aryl methyl sites for hydroxylation is 1. The van der Waals surface area contributed by atoms with E-state index >= 15 is 0 Å². The van der Waals surface area contributed by atoms with Crippen molar-refractivity contribution in [2.45, 2.75) is 18.9 Å². The molecular formula is C21H25Cl2NO6. The molecule has 2 aromatic carbocycles. The molecule has 0 fully saturated rings. The third-order valence-corrected chi connectivity index (χ3v) is 5.05. The highest BCUT2D eigenvalue weighted by Gasteiger charge is 2.15. The van der Waals surface area contributed by atoms with Gasteiger partial charge >= 0.3 is 0 Å². The molecule has 0 spiro atoms. The van der Waals surface area contributed by atoms with Crippen LogP contribution in [0.15, 0.2) is 30.3 Å². The first-order valence-corrected chi connectivity index (χ1v) is 9.95. The number of ether oxygens (including phenoxy) is 4. The predicted molar refractivity (Wildman–Crippen MR) is 115 cm³/mol. The van der Waals surface area contributed by atoms with Crippen LogP contribution in [0.5, 0.6) is 23.0 Å². The highest BCUT2D eigenvalue weighted by molar-refractivity contribution is 6.42. The first kappa shape index (κ1) is 23.9. The van der Waals surface area contributed by atoms with Gasteiger partial charge in [0, 0.05) is 13.0 Å². The van der Waals surface area contributed by atoms with Gasteiger partial charge in [-0.2, -0.15) is 0 Å². The lowest BCUT2D eigenvalue weighted by molar-refractivity contribution is -0.121. The number of halogens is 2. The number of aliphatic hydroxyl groups excluding tert-OH is 1. The maximum absolute atomic E-state index is 12.1. The zero-order chi connectivity index (χ0) is 22.1. The van der Waals surface area contributed by atoms with Crippen LogP contribution in [-0.4, -0.2) is 51.6 Å². The van der Waals surface area contributed by atoms with Gasteiger partial charge in [0.1, 0.15) is 23.5 Å². The zero-order valence-corrected chi connectivity index (χ0v) is 18.5. The summed E-state index contributed by atoms with van der Waals surface area (Å²) in [6, 6.07) is 8.58. The molecule has 0 bridgehead atoms. The lowest BCUT2D eigenvalue weighted by Crippen LogP contribution is -2.35. The Kier molecular flexibility index (Phi) is 9.36. The molecule has 0 saturated heterocycles. The number of carbonyl (C=O) groups excluding carboxylic acids is 1. The van der Waals surface area contributed by atoms with Crippen molar-refractivity contribution in [3.05, 3.63) is 45.9 Å². The minimum absolute atomic E-state index is 0.0345. The molecule has 0 aromatic heterocycles. The van der Waals surface area contributed by atoms with E-state index in [4.69, 9.17) is 42.1 Å². The van der Waals surface area contributed by atoms with Crippen molar-refractivity contribution in [1.82, 2.24) is 5.32 Å². The average molecular weight is 458 g/mol. The van der Waals surface area contributed by atoms with Gasteiger partial charge in [0.05, 0.1) is 26.4 Å². The Morgan fingerprint density at radius 3 is 2.33 bits per heavy atom. The van der Waals surface area contributed by atoms with E-state index in [2.05, 4.69) is 5.32 Å². The highest BCUT2D eigenvalue weighted by Crippen LogP contribution is 2.38. The van der Waals surface area contributed by atoms with Gasteiger partial charge in [0.2, 0.25) is 11.7 Å². The Hall–Kier alpha value is -2.35. The summed E-state index contributed by atoms with van der Waals surface area (Å²) in [5.41, 5.74) is 0.860. The molecule has 0 aliphatic rings. The number of rotatable bonds is 11. The van der Waals surface area contributed by atoms with Crippen molar-refractivity contribution in [2.24, 2.45) is 0 Å². The third-order valence-electron chi connectivity index (χ3n) is 4.25. The van der Waals surface area contributed by atoms with Crippen molar-refractivity contribution in [2.75, 3.05) is 34.5 Å². The van der Waals surface area contributed by atoms with Crippen molar-refractivity contribution in [3.8, 4) is 23.0 Å². The van der Waals surface area contributed by atoms with E-state index in [0.717, 1.165) is 5.56 Å². The second-order valence-corrected chi connectivity index (χ2v) is 7.14. The maximum Gasteiger partial charge on any atom is 0.220 e. The van der Waals surface area contributed by atoms with Gasteiger partial charge < -0.3 is 29.4 Å². The summed E-state index contributed by atoms with van der Waals surface area (Å²) in [7, 11) is 4.60. The summed E-state index contributed by atoms with van der Waals surface area (Å²) in [6.45, 7) is 0.0134. The zero-order valence-electron chi connectivity index (χ0n) is 17.0. The second-order valence-electron chi connectivity index (χ2n) is 6.35. The van der Waals surface area contributed by atoms with E-state index in [1.807, 2.05) is 0 Å². The van der Waals surface area contributed by atoms with Gasteiger partial charge in [-0.1, -0.05) is 29.3 Å². The first-order valence-electron chi connectivity index (χ1n) is 9.20. The largest absolute Gasteiger partial charge is 0.493 e. The number of carbonyl (C=O) groups is 1. The van der Waals surface area contributed by atoms with E-state index in [1.54, 1.807) is 30.3 Å². The summed E-state index contributed by atoms with van der Waals surface area (Å²) in [5, 5.41) is 13.4. The van der Waals surface area contributed by atoms with E-state index in [1.165, 1.54) is 21.3 Å². The molecule has 2 aromatic rings. The molecule has 1 atom stereocenters. The minimum Gasteiger partial charge on any atom is -0.493 e. The van der Waals surface area contributed by atoms with Crippen LogP contribution in [0.2, 0.25) is 10.0 Å². The normalized spacial score (nSPS) is 11.5. The van der Waals surface area contributed by atoms with Crippen LogP contribution in [0, 0.1) is 0 Å². The predicted octanol–water partition coefficient (Wildman–Crippen LogP) is 3.51. The number of methoxy groups -OCH3 is 3. The molecule has 0 aliphatic heterocycles. The lowest BCUT2D eigenvalue weighted by Gasteiger charge is -2.15. The number of benzene rings is 2. The van der Waals surface area contributed by atoms with Crippen LogP contribution in [0.25, 0.3) is 0 Å². The Bertz CT molecular complexity index is 836. The summed E-state index contributed by atoms with van der Waals surface area (Å²) in [4.78, 5) is 12.1. The first-order chi connectivity index (χ1) is 14.4. The smallest absolute Gasteiger partial charge is 0.220 e. The quantitative estimate of drug-likeness (QED) is 0.536. The highest BCUT2D eigenvalue weighted by atomic mass is 35.5. The van der Waals surface area contributed by atoms with Crippen molar-refractivity contribution in [3.63, 3.8) is 0 Å². The third kappa shape index (κ3) is 6.58. The summed E-state index contributed by atoms with van der Waals surface area (Å²) < 4.78 is 21.4. The molecular weight excluding hydrogens is 433 g/mol. The van der Waals surface area contributed by atoms with Crippen molar-refractivity contribution < 1.29 is 28.8 Å². The lowest BCUT2D eigenvalue weighted by atomic mass is 10.1. The van der Waals surface area contributed by atoms with Gasteiger partial charge in [0.25, 0.3) is 0 Å². The van der Waals surface area contributed by atoms with Crippen LogP contribution in [0.4, 0.5) is 0 Å². The monoisotopic (exact) mass is 457 g/mol. The van der Waals surface area contributed by atoms with Crippen LogP contribution >= 0.6 is 23.2 Å². The topological polar surface area (TPSA) is 86.3 Å². The minimum atomic E-state index is -0.898. The van der Waals surface area contributed by atoms with Crippen LogP contribution in [0.3, 0.4) is 0 Å². The van der Waals surface area contributed by atoms with Gasteiger partial charge in [-0.25, -0.2) is 0 Å². The number of amides is 1.